The van der Waals surface area contributed by atoms with Crippen LogP contribution in [-0.4, -0.2) is 11.7 Å². The van der Waals surface area contributed by atoms with Crippen molar-refractivity contribution in [3.05, 3.63) is 76.1 Å². The van der Waals surface area contributed by atoms with Gasteiger partial charge in [-0.2, -0.15) is 0 Å². The number of carbonyl (C=O) groups is 2. The first-order valence-electron chi connectivity index (χ1n) is 7.90. The highest BCUT2D eigenvalue weighted by atomic mass is 16.5. The first kappa shape index (κ1) is 15.8. The van der Waals surface area contributed by atoms with Crippen molar-refractivity contribution in [1.29, 1.82) is 0 Å². The van der Waals surface area contributed by atoms with Crippen LogP contribution in [-0.2, 0) is 0 Å². The van der Waals surface area contributed by atoms with Gasteiger partial charge in [0.25, 0.3) is 5.91 Å². The average Bonchev–Trinajstić information content (AvgIpc) is 3.07. The number of ketones is 1. The minimum Gasteiger partial charge on any atom is -0.425 e. The van der Waals surface area contributed by atoms with Crippen LogP contribution in [0.3, 0.4) is 0 Å². The summed E-state index contributed by atoms with van der Waals surface area (Å²) in [7, 11) is 0. The number of nitrogens with one attached hydrogen (secondary N) is 1. The summed E-state index contributed by atoms with van der Waals surface area (Å²) >= 11 is 0. The molecule has 0 aliphatic rings. The summed E-state index contributed by atoms with van der Waals surface area (Å²) in [5.41, 5.74) is 1.19. The molecular weight excluding hydrogens is 334 g/mol. The van der Waals surface area contributed by atoms with Gasteiger partial charge in [0.1, 0.15) is 11.0 Å². The van der Waals surface area contributed by atoms with Gasteiger partial charge in [0.05, 0.1) is 5.39 Å². The molecule has 0 saturated heterocycles. The Morgan fingerprint density at radius 3 is 2.38 bits per heavy atom. The Bertz CT molecular complexity index is 1210. The number of Topliss-reactive ketones (excluding diaryl/α,β-unsaturated/α-hetero) is 1. The Hall–Kier alpha value is -3.67. The Balaban J connectivity index is 1.68. The SMILES string of the molecule is CC(=O)c1ccc(NC(=O)c2cc3c(=O)c4ccccc4oc3o2)cc1. The van der Waals surface area contributed by atoms with Gasteiger partial charge >= 0.3 is 5.78 Å². The molecule has 4 aromatic rings. The van der Waals surface area contributed by atoms with Crippen molar-refractivity contribution < 1.29 is 18.4 Å². The van der Waals surface area contributed by atoms with E-state index in [0.29, 0.717) is 22.2 Å². The highest BCUT2D eigenvalue weighted by Gasteiger charge is 2.17. The number of para-hydroxylation sites is 1. The van der Waals surface area contributed by atoms with Gasteiger partial charge in [-0.15, -0.1) is 0 Å². The van der Waals surface area contributed by atoms with Crippen LogP contribution >= 0.6 is 0 Å². The zero-order chi connectivity index (χ0) is 18.3. The fraction of sp³-hybridized carbons (Fsp3) is 0.0500. The van der Waals surface area contributed by atoms with E-state index < -0.39 is 5.91 Å². The van der Waals surface area contributed by atoms with E-state index in [1.807, 2.05) is 0 Å². The third kappa shape index (κ3) is 2.67. The van der Waals surface area contributed by atoms with E-state index in [0.717, 1.165) is 0 Å². The second-order valence-corrected chi connectivity index (χ2v) is 5.83. The van der Waals surface area contributed by atoms with Crippen LogP contribution in [0.5, 0.6) is 0 Å². The topological polar surface area (TPSA) is 89.5 Å². The van der Waals surface area contributed by atoms with Crippen molar-refractivity contribution in [3.63, 3.8) is 0 Å². The Morgan fingerprint density at radius 1 is 0.923 bits per heavy atom. The number of carbonyl (C=O) groups excluding carboxylic acids is 2. The van der Waals surface area contributed by atoms with Crippen molar-refractivity contribution in [2.75, 3.05) is 5.32 Å². The second-order valence-electron chi connectivity index (χ2n) is 5.83. The summed E-state index contributed by atoms with van der Waals surface area (Å²) in [6.45, 7) is 1.47. The minimum atomic E-state index is -0.518. The molecule has 0 atom stereocenters. The van der Waals surface area contributed by atoms with Crippen LogP contribution in [0.4, 0.5) is 5.69 Å². The smallest absolute Gasteiger partial charge is 0.302 e. The van der Waals surface area contributed by atoms with Crippen molar-refractivity contribution in [2.24, 2.45) is 0 Å². The van der Waals surface area contributed by atoms with Crippen LogP contribution in [0.2, 0.25) is 0 Å². The third-order valence-corrected chi connectivity index (χ3v) is 4.05. The summed E-state index contributed by atoms with van der Waals surface area (Å²) in [4.78, 5) is 36.2. The van der Waals surface area contributed by atoms with Gasteiger partial charge in [0.2, 0.25) is 5.43 Å². The number of hydrogen-bond donors (Lipinski definition) is 1. The largest absolute Gasteiger partial charge is 0.425 e. The van der Waals surface area contributed by atoms with Crippen molar-refractivity contribution in [1.82, 2.24) is 0 Å². The summed E-state index contributed by atoms with van der Waals surface area (Å²) in [6, 6.07) is 14.7. The molecule has 1 N–H and O–H groups in total. The van der Waals surface area contributed by atoms with Gasteiger partial charge < -0.3 is 14.2 Å². The number of furan rings is 1. The van der Waals surface area contributed by atoms with E-state index in [-0.39, 0.29) is 28.1 Å². The maximum Gasteiger partial charge on any atom is 0.302 e. The lowest BCUT2D eigenvalue weighted by Crippen LogP contribution is -2.11. The fourth-order valence-corrected chi connectivity index (χ4v) is 2.69. The molecule has 2 aromatic heterocycles. The molecule has 1 amide bonds. The Morgan fingerprint density at radius 2 is 1.65 bits per heavy atom. The first-order valence-corrected chi connectivity index (χ1v) is 7.90. The van der Waals surface area contributed by atoms with Crippen molar-refractivity contribution in [2.45, 2.75) is 6.92 Å². The van der Waals surface area contributed by atoms with E-state index in [2.05, 4.69) is 5.32 Å². The summed E-state index contributed by atoms with van der Waals surface area (Å²) in [5, 5.41) is 3.29. The van der Waals surface area contributed by atoms with Gasteiger partial charge in [-0.05, 0) is 43.3 Å². The molecule has 128 valence electrons. The molecule has 6 nitrogen and oxygen atoms in total. The summed E-state index contributed by atoms with van der Waals surface area (Å²) in [5.74, 6) is -0.607. The molecule has 2 heterocycles. The number of hydrogen-bond acceptors (Lipinski definition) is 5. The Kier molecular flexibility index (Phi) is 3.65. The Labute approximate surface area is 147 Å². The predicted molar refractivity (Wildman–Crippen MR) is 96.7 cm³/mol. The molecule has 0 spiro atoms. The maximum atomic E-state index is 12.5. The van der Waals surface area contributed by atoms with Crippen LogP contribution in [0.1, 0.15) is 27.8 Å². The molecule has 0 radical (unpaired) electrons. The first-order chi connectivity index (χ1) is 12.5. The molecule has 6 heteroatoms. The maximum absolute atomic E-state index is 12.5. The van der Waals surface area contributed by atoms with E-state index in [1.165, 1.54) is 13.0 Å². The molecule has 0 fully saturated rings. The molecular formula is C20H13NO5. The molecule has 26 heavy (non-hydrogen) atoms. The molecule has 0 unspecified atom stereocenters. The van der Waals surface area contributed by atoms with Gasteiger partial charge in [-0.25, -0.2) is 0 Å². The van der Waals surface area contributed by atoms with Crippen LogP contribution in [0, 0.1) is 0 Å². The normalized spacial score (nSPS) is 11.0. The van der Waals surface area contributed by atoms with Gasteiger partial charge in [0.15, 0.2) is 11.5 Å². The lowest BCUT2D eigenvalue weighted by molar-refractivity contribution is 0.0994. The van der Waals surface area contributed by atoms with Crippen LogP contribution < -0.4 is 10.7 Å². The van der Waals surface area contributed by atoms with E-state index in [1.54, 1.807) is 48.5 Å². The van der Waals surface area contributed by atoms with Gasteiger partial charge in [0, 0.05) is 17.3 Å². The van der Waals surface area contributed by atoms with E-state index >= 15 is 0 Å². The quantitative estimate of drug-likeness (QED) is 0.566. The van der Waals surface area contributed by atoms with Crippen LogP contribution in [0.25, 0.3) is 22.1 Å². The lowest BCUT2D eigenvalue weighted by atomic mass is 10.1. The average molecular weight is 347 g/mol. The fourth-order valence-electron chi connectivity index (χ4n) is 2.69. The highest BCUT2D eigenvalue weighted by Crippen LogP contribution is 2.22. The van der Waals surface area contributed by atoms with Gasteiger partial charge in [-0.3, -0.25) is 14.4 Å². The second kappa shape index (κ2) is 6.00. The molecule has 4 rings (SSSR count). The van der Waals surface area contributed by atoms with Crippen molar-refractivity contribution in [3.8, 4) is 0 Å². The molecule has 0 saturated carbocycles. The van der Waals surface area contributed by atoms with Crippen LogP contribution in [0.15, 0.2) is 68.2 Å². The molecule has 0 bridgehead atoms. The van der Waals surface area contributed by atoms with E-state index in [4.69, 9.17) is 8.83 Å². The summed E-state index contributed by atoms with van der Waals surface area (Å²) < 4.78 is 11.0. The number of fused-ring (bicyclic) bond motifs is 2. The molecule has 2 aromatic carbocycles. The number of rotatable bonds is 3. The number of benzene rings is 2. The zero-order valence-electron chi connectivity index (χ0n) is 13.7. The minimum absolute atomic E-state index is 0.00535. The summed E-state index contributed by atoms with van der Waals surface area (Å²) in [6.07, 6.45) is 0. The van der Waals surface area contributed by atoms with E-state index in [9.17, 15) is 14.4 Å². The zero-order valence-corrected chi connectivity index (χ0v) is 13.7. The third-order valence-electron chi connectivity index (χ3n) is 4.05. The van der Waals surface area contributed by atoms with Gasteiger partial charge in [-0.1, -0.05) is 12.1 Å². The standard InChI is InChI=1S/C20H13NO5/c1-11(22)12-6-8-13(9-7-12)21-19(24)17-10-15-18(23)14-4-2-3-5-16(14)25-20(15)26-17/h2-10H,1H3,(H,21,24). The van der Waals surface area contributed by atoms with Crippen molar-refractivity contribution >= 4 is 39.5 Å². The lowest BCUT2D eigenvalue weighted by Gasteiger charge is -2.03. The molecule has 0 aliphatic carbocycles. The monoisotopic (exact) mass is 347 g/mol. The number of amides is 1. The molecule has 0 aliphatic heterocycles. The highest BCUT2D eigenvalue weighted by molar-refractivity contribution is 6.05. The number of anilines is 1. The predicted octanol–water partition coefficient (Wildman–Crippen LogP) is 3.99.